The average molecular weight is 465 g/mol. The molecule has 0 bridgehead atoms. The number of halogens is 3. The van der Waals surface area contributed by atoms with Gasteiger partial charge in [0, 0.05) is 22.7 Å². The molecule has 0 atom stereocenters. The molecular formula is C24H15ClF2N4O2. The fraction of sp³-hybridized carbons (Fsp3) is 0.0417. The summed E-state index contributed by atoms with van der Waals surface area (Å²) in [7, 11) is 0. The first kappa shape index (κ1) is 20.8. The largest absolute Gasteiger partial charge is 0.322 e. The molecule has 0 saturated heterocycles. The Morgan fingerprint density at radius 2 is 1.76 bits per heavy atom. The Kier molecular flexibility index (Phi) is 5.14. The first-order chi connectivity index (χ1) is 15.9. The fourth-order valence-electron chi connectivity index (χ4n) is 3.75. The number of nitrogens with one attached hydrogen (secondary N) is 1. The summed E-state index contributed by atoms with van der Waals surface area (Å²) in [6.07, 6.45) is 0. The van der Waals surface area contributed by atoms with Gasteiger partial charge in [-0.2, -0.15) is 0 Å². The molecule has 33 heavy (non-hydrogen) atoms. The predicted molar refractivity (Wildman–Crippen MR) is 122 cm³/mol. The molecule has 0 unspecified atom stereocenters. The summed E-state index contributed by atoms with van der Waals surface area (Å²) >= 11 is 6.09. The normalized spacial score (nSPS) is 11.2. The zero-order chi connectivity index (χ0) is 23.1. The van der Waals surface area contributed by atoms with Gasteiger partial charge >= 0.3 is 0 Å². The summed E-state index contributed by atoms with van der Waals surface area (Å²) in [6, 6.07) is 18.1. The number of carbonyl (C=O) groups excluding carboxylic acids is 1. The highest BCUT2D eigenvalue weighted by Crippen LogP contribution is 2.24. The molecule has 1 amide bonds. The second-order valence-corrected chi connectivity index (χ2v) is 7.81. The van der Waals surface area contributed by atoms with Crippen LogP contribution in [0.1, 0.15) is 0 Å². The van der Waals surface area contributed by atoms with E-state index in [1.165, 1.54) is 10.5 Å². The smallest absolute Gasteiger partial charge is 0.260 e. The molecule has 5 aromatic rings. The Hall–Kier alpha value is -4.04. The van der Waals surface area contributed by atoms with E-state index in [9.17, 15) is 18.4 Å². The summed E-state index contributed by atoms with van der Waals surface area (Å²) in [5.41, 5.74) is 1.58. The Morgan fingerprint density at radius 1 is 0.970 bits per heavy atom. The van der Waals surface area contributed by atoms with Gasteiger partial charge in [0.2, 0.25) is 11.7 Å². The molecule has 0 aliphatic heterocycles. The second-order valence-electron chi connectivity index (χ2n) is 7.37. The lowest BCUT2D eigenvalue weighted by molar-refractivity contribution is -0.116. The minimum absolute atomic E-state index is 0.230. The van der Waals surface area contributed by atoms with Gasteiger partial charge in [-0.1, -0.05) is 35.9 Å². The van der Waals surface area contributed by atoms with E-state index >= 15 is 0 Å². The van der Waals surface area contributed by atoms with Crippen LogP contribution in [0.15, 0.2) is 77.6 Å². The topological polar surface area (TPSA) is 68.4 Å². The van der Waals surface area contributed by atoms with E-state index in [-0.39, 0.29) is 23.6 Å². The molecule has 0 saturated carbocycles. The number of nitrogens with zero attached hydrogens (tertiary/aromatic N) is 3. The van der Waals surface area contributed by atoms with Crippen LogP contribution in [0, 0.1) is 11.6 Å². The quantitative estimate of drug-likeness (QED) is 0.412. The van der Waals surface area contributed by atoms with Crippen LogP contribution >= 0.6 is 11.6 Å². The molecule has 2 heterocycles. The molecule has 6 nitrogen and oxygen atoms in total. The van der Waals surface area contributed by atoms with Crippen molar-refractivity contribution >= 4 is 40.0 Å². The van der Waals surface area contributed by atoms with Crippen molar-refractivity contribution in [2.75, 3.05) is 5.32 Å². The van der Waals surface area contributed by atoms with E-state index in [0.29, 0.717) is 27.3 Å². The van der Waals surface area contributed by atoms with E-state index in [2.05, 4.69) is 10.3 Å². The highest BCUT2D eigenvalue weighted by Gasteiger charge is 2.18. The number of para-hydroxylation sites is 2. The number of fused-ring (bicyclic) bond motifs is 3. The highest BCUT2D eigenvalue weighted by atomic mass is 35.5. The molecule has 1 N–H and O–H groups in total. The molecule has 5 rings (SSSR count). The van der Waals surface area contributed by atoms with Crippen molar-refractivity contribution in [3.8, 4) is 11.3 Å². The number of hydrogen-bond donors (Lipinski definition) is 1. The lowest BCUT2D eigenvalue weighted by Gasteiger charge is -2.09. The molecule has 9 heteroatoms. The van der Waals surface area contributed by atoms with Gasteiger partial charge < -0.3 is 9.88 Å². The molecule has 164 valence electrons. The van der Waals surface area contributed by atoms with Gasteiger partial charge in [0.15, 0.2) is 0 Å². The number of carbonyl (C=O) groups is 1. The van der Waals surface area contributed by atoms with Gasteiger partial charge in [0.05, 0.1) is 22.4 Å². The first-order valence-corrected chi connectivity index (χ1v) is 10.3. The van der Waals surface area contributed by atoms with Crippen molar-refractivity contribution < 1.29 is 13.6 Å². The fourth-order valence-corrected chi connectivity index (χ4v) is 3.94. The number of aromatic nitrogens is 3. The van der Waals surface area contributed by atoms with Crippen LogP contribution in [0.2, 0.25) is 5.02 Å². The van der Waals surface area contributed by atoms with Gasteiger partial charge in [-0.15, -0.1) is 0 Å². The summed E-state index contributed by atoms with van der Waals surface area (Å²) in [6.45, 7) is -0.279. The summed E-state index contributed by atoms with van der Waals surface area (Å²) in [4.78, 5) is 30.4. The van der Waals surface area contributed by atoms with Crippen LogP contribution in [0.5, 0.6) is 0 Å². The molecule has 0 radical (unpaired) electrons. The maximum absolute atomic E-state index is 14.0. The number of anilines is 1. The molecule has 2 aromatic heterocycles. The summed E-state index contributed by atoms with van der Waals surface area (Å²) in [5.74, 6) is -1.81. The average Bonchev–Trinajstić information content (AvgIpc) is 3.10. The molecule has 0 aliphatic rings. The monoisotopic (exact) mass is 464 g/mol. The number of rotatable bonds is 4. The van der Waals surface area contributed by atoms with Crippen molar-refractivity contribution in [3.63, 3.8) is 0 Å². The number of imidazole rings is 1. The van der Waals surface area contributed by atoms with E-state index in [0.717, 1.165) is 18.2 Å². The van der Waals surface area contributed by atoms with Gasteiger partial charge in [-0.05, 0) is 36.4 Å². The van der Waals surface area contributed by atoms with Crippen molar-refractivity contribution in [3.05, 3.63) is 99.8 Å². The van der Waals surface area contributed by atoms with Gasteiger partial charge in [-0.3, -0.25) is 9.59 Å². The second kappa shape index (κ2) is 8.14. The Bertz CT molecular complexity index is 1610. The summed E-state index contributed by atoms with van der Waals surface area (Å²) < 4.78 is 30.4. The third-order valence-electron chi connectivity index (χ3n) is 5.18. The zero-order valence-corrected chi connectivity index (χ0v) is 17.7. The predicted octanol–water partition coefficient (Wildman–Crippen LogP) is 4.89. The van der Waals surface area contributed by atoms with E-state index < -0.39 is 17.5 Å². The SMILES string of the molecule is O=C(Cn1c2ccccc2n2c(=O)cc(-c3cccc(Cl)c3)nc12)Nc1cc(F)ccc1F. The zero-order valence-electron chi connectivity index (χ0n) is 16.9. The number of benzene rings is 3. The minimum Gasteiger partial charge on any atom is -0.322 e. The third kappa shape index (κ3) is 3.85. The van der Waals surface area contributed by atoms with E-state index in [4.69, 9.17) is 11.6 Å². The maximum atomic E-state index is 14.0. The standard InChI is InChI=1S/C24H15ClF2N4O2/c25-15-5-3-4-14(10-15)18-12-23(33)31-21-7-2-1-6-20(21)30(24(31)29-18)13-22(32)28-19-11-16(26)8-9-17(19)27/h1-12H,13H2,(H,28,32). The van der Waals surface area contributed by atoms with Crippen molar-refractivity contribution in [2.45, 2.75) is 6.54 Å². The molecule has 3 aromatic carbocycles. The molecule has 0 aliphatic carbocycles. The lowest BCUT2D eigenvalue weighted by Crippen LogP contribution is -2.21. The Balaban J connectivity index is 1.64. The maximum Gasteiger partial charge on any atom is 0.260 e. The Morgan fingerprint density at radius 3 is 2.55 bits per heavy atom. The third-order valence-corrected chi connectivity index (χ3v) is 5.42. The van der Waals surface area contributed by atoms with Gasteiger partial charge in [-0.25, -0.2) is 18.2 Å². The van der Waals surface area contributed by atoms with Crippen LogP contribution in [0.3, 0.4) is 0 Å². The summed E-state index contributed by atoms with van der Waals surface area (Å²) in [5, 5.41) is 2.87. The molecular weight excluding hydrogens is 450 g/mol. The Labute approximate surface area is 190 Å². The minimum atomic E-state index is -0.760. The van der Waals surface area contributed by atoms with Crippen molar-refractivity contribution in [1.29, 1.82) is 0 Å². The van der Waals surface area contributed by atoms with E-state index in [1.54, 1.807) is 53.1 Å². The number of hydrogen-bond acceptors (Lipinski definition) is 3. The number of amides is 1. The lowest BCUT2D eigenvalue weighted by atomic mass is 10.1. The van der Waals surface area contributed by atoms with Crippen LogP contribution < -0.4 is 10.9 Å². The van der Waals surface area contributed by atoms with Crippen LogP contribution in [0.4, 0.5) is 14.5 Å². The van der Waals surface area contributed by atoms with Gasteiger partial charge in [0.25, 0.3) is 5.56 Å². The van der Waals surface area contributed by atoms with Crippen LogP contribution in [0.25, 0.3) is 28.1 Å². The van der Waals surface area contributed by atoms with Crippen molar-refractivity contribution in [1.82, 2.24) is 14.0 Å². The van der Waals surface area contributed by atoms with E-state index in [1.807, 2.05) is 0 Å². The van der Waals surface area contributed by atoms with Gasteiger partial charge in [0.1, 0.15) is 18.2 Å². The van der Waals surface area contributed by atoms with Crippen LogP contribution in [-0.2, 0) is 11.3 Å². The van der Waals surface area contributed by atoms with Crippen molar-refractivity contribution in [2.24, 2.45) is 0 Å². The van der Waals surface area contributed by atoms with Crippen LogP contribution in [-0.4, -0.2) is 19.9 Å². The highest BCUT2D eigenvalue weighted by molar-refractivity contribution is 6.30. The molecule has 0 fully saturated rings. The first-order valence-electron chi connectivity index (χ1n) is 9.92. The molecule has 0 spiro atoms.